The SMILES string of the molecule is Cc1nn(-c2ccccc2)c(C)c1N=Cc1ccc(N(C)C)c(Br)c1. The molecule has 0 amide bonds. The second-order valence-corrected chi connectivity index (χ2v) is 6.98. The van der Waals surface area contributed by atoms with Gasteiger partial charge in [0.2, 0.25) is 0 Å². The quantitative estimate of drug-likeness (QED) is 0.576. The fraction of sp³-hybridized carbons (Fsp3) is 0.200. The molecule has 0 saturated carbocycles. The van der Waals surface area contributed by atoms with Crippen molar-refractivity contribution in [2.45, 2.75) is 13.8 Å². The Hall–Kier alpha value is -2.40. The van der Waals surface area contributed by atoms with Crippen LogP contribution in [0.5, 0.6) is 0 Å². The zero-order chi connectivity index (χ0) is 18.0. The van der Waals surface area contributed by atoms with Crippen LogP contribution in [0.3, 0.4) is 0 Å². The average Bonchev–Trinajstić information content (AvgIpc) is 2.88. The summed E-state index contributed by atoms with van der Waals surface area (Å²) in [5, 5.41) is 4.63. The van der Waals surface area contributed by atoms with E-state index in [1.807, 2.05) is 69.2 Å². The molecule has 0 radical (unpaired) electrons. The number of aryl methyl sites for hydroxylation is 1. The van der Waals surface area contributed by atoms with E-state index >= 15 is 0 Å². The Bertz CT molecular complexity index is 911. The van der Waals surface area contributed by atoms with Crippen molar-refractivity contribution in [3.05, 3.63) is 70.0 Å². The summed E-state index contributed by atoms with van der Waals surface area (Å²) in [6.45, 7) is 4.04. The van der Waals surface area contributed by atoms with Gasteiger partial charge in [0, 0.05) is 24.8 Å². The second-order valence-electron chi connectivity index (χ2n) is 6.13. The Kier molecular flexibility index (Phi) is 5.04. The van der Waals surface area contributed by atoms with E-state index in [-0.39, 0.29) is 0 Å². The highest BCUT2D eigenvalue weighted by Crippen LogP contribution is 2.27. The zero-order valence-electron chi connectivity index (χ0n) is 14.9. The first-order chi connectivity index (χ1) is 12.0. The van der Waals surface area contributed by atoms with Crippen molar-refractivity contribution in [1.82, 2.24) is 9.78 Å². The summed E-state index contributed by atoms with van der Waals surface area (Å²) in [4.78, 5) is 6.77. The van der Waals surface area contributed by atoms with Gasteiger partial charge in [-0.3, -0.25) is 4.99 Å². The third-order valence-corrected chi connectivity index (χ3v) is 4.69. The largest absolute Gasteiger partial charge is 0.377 e. The van der Waals surface area contributed by atoms with Gasteiger partial charge in [0.1, 0.15) is 5.69 Å². The van der Waals surface area contributed by atoms with E-state index in [1.54, 1.807) is 0 Å². The van der Waals surface area contributed by atoms with Gasteiger partial charge in [0.15, 0.2) is 0 Å². The molecule has 0 spiro atoms. The van der Waals surface area contributed by atoms with Gasteiger partial charge in [-0.05, 0) is 59.6 Å². The van der Waals surface area contributed by atoms with Crippen LogP contribution in [0.1, 0.15) is 17.0 Å². The molecule has 0 aliphatic carbocycles. The van der Waals surface area contributed by atoms with E-state index in [0.29, 0.717) is 0 Å². The molecule has 0 bridgehead atoms. The first-order valence-electron chi connectivity index (χ1n) is 8.10. The summed E-state index contributed by atoms with van der Waals surface area (Å²) >= 11 is 3.62. The van der Waals surface area contributed by atoms with Crippen LogP contribution >= 0.6 is 15.9 Å². The molecule has 3 rings (SSSR count). The molecule has 5 heteroatoms. The number of nitrogens with zero attached hydrogens (tertiary/aromatic N) is 4. The van der Waals surface area contributed by atoms with E-state index in [9.17, 15) is 0 Å². The highest BCUT2D eigenvalue weighted by molar-refractivity contribution is 9.10. The highest BCUT2D eigenvalue weighted by Gasteiger charge is 2.11. The Morgan fingerprint density at radius 1 is 1.08 bits per heavy atom. The van der Waals surface area contributed by atoms with Crippen LogP contribution in [-0.4, -0.2) is 30.1 Å². The van der Waals surface area contributed by atoms with E-state index in [2.05, 4.69) is 44.1 Å². The fourth-order valence-electron chi connectivity index (χ4n) is 2.75. The van der Waals surface area contributed by atoms with Crippen LogP contribution < -0.4 is 4.90 Å². The van der Waals surface area contributed by atoms with Gasteiger partial charge in [-0.15, -0.1) is 0 Å². The number of aliphatic imine (C=N–C) groups is 1. The minimum atomic E-state index is 0.914. The molecule has 3 aromatic rings. The molecule has 0 atom stereocenters. The van der Waals surface area contributed by atoms with Gasteiger partial charge < -0.3 is 4.90 Å². The Morgan fingerprint density at radius 3 is 2.44 bits per heavy atom. The first kappa shape index (κ1) is 17.4. The van der Waals surface area contributed by atoms with E-state index in [4.69, 9.17) is 4.99 Å². The standard InChI is InChI=1S/C20H21BrN4/c1-14-20(15(2)25(23-14)17-8-6-5-7-9-17)22-13-16-10-11-19(24(3)4)18(21)12-16/h5-13H,1-4H3. The average molecular weight is 397 g/mol. The molecule has 0 unspecified atom stereocenters. The number of halogens is 1. The Labute approximate surface area is 157 Å². The maximum atomic E-state index is 4.69. The molecule has 0 N–H and O–H groups in total. The summed E-state index contributed by atoms with van der Waals surface area (Å²) < 4.78 is 2.99. The fourth-order valence-corrected chi connectivity index (χ4v) is 3.50. The molecule has 0 saturated heterocycles. The van der Waals surface area contributed by atoms with Crippen LogP contribution in [0.25, 0.3) is 5.69 Å². The minimum Gasteiger partial charge on any atom is -0.377 e. The molecule has 25 heavy (non-hydrogen) atoms. The molecule has 0 aliphatic heterocycles. The lowest BCUT2D eigenvalue weighted by molar-refractivity contribution is 0.834. The van der Waals surface area contributed by atoms with Gasteiger partial charge >= 0.3 is 0 Å². The number of benzene rings is 2. The van der Waals surface area contributed by atoms with Gasteiger partial charge in [-0.2, -0.15) is 5.10 Å². The lowest BCUT2D eigenvalue weighted by Gasteiger charge is -2.14. The Morgan fingerprint density at radius 2 is 1.80 bits per heavy atom. The van der Waals surface area contributed by atoms with E-state index in [0.717, 1.165) is 38.5 Å². The molecule has 1 heterocycles. The van der Waals surface area contributed by atoms with Crippen molar-refractivity contribution in [1.29, 1.82) is 0 Å². The van der Waals surface area contributed by atoms with Crippen molar-refractivity contribution in [3.63, 3.8) is 0 Å². The maximum Gasteiger partial charge on any atom is 0.107 e. The van der Waals surface area contributed by atoms with Crippen molar-refractivity contribution < 1.29 is 0 Å². The molecule has 0 aliphatic rings. The molecule has 0 fully saturated rings. The smallest absolute Gasteiger partial charge is 0.107 e. The van der Waals surface area contributed by atoms with Crippen LogP contribution in [-0.2, 0) is 0 Å². The summed E-state index contributed by atoms with van der Waals surface area (Å²) in [5.41, 5.74) is 6.09. The van der Waals surface area contributed by atoms with Crippen LogP contribution in [0, 0.1) is 13.8 Å². The van der Waals surface area contributed by atoms with E-state index in [1.165, 1.54) is 0 Å². The number of para-hydroxylation sites is 1. The number of hydrogen-bond donors (Lipinski definition) is 0. The minimum absolute atomic E-state index is 0.914. The normalized spacial score (nSPS) is 11.2. The maximum absolute atomic E-state index is 4.69. The van der Waals surface area contributed by atoms with Crippen molar-refractivity contribution >= 4 is 33.5 Å². The lowest BCUT2D eigenvalue weighted by Crippen LogP contribution is -2.09. The number of rotatable bonds is 4. The van der Waals surface area contributed by atoms with Crippen molar-refractivity contribution in [2.24, 2.45) is 4.99 Å². The second kappa shape index (κ2) is 7.23. The predicted molar refractivity (Wildman–Crippen MR) is 109 cm³/mol. The van der Waals surface area contributed by atoms with Crippen LogP contribution in [0.4, 0.5) is 11.4 Å². The third kappa shape index (κ3) is 3.66. The lowest BCUT2D eigenvalue weighted by atomic mass is 10.2. The first-order valence-corrected chi connectivity index (χ1v) is 8.89. The molecule has 1 aromatic heterocycles. The predicted octanol–water partition coefficient (Wildman–Crippen LogP) is 5.07. The van der Waals surface area contributed by atoms with Gasteiger partial charge in [0.05, 0.1) is 22.8 Å². The van der Waals surface area contributed by atoms with E-state index < -0.39 is 0 Å². The Balaban J connectivity index is 1.92. The monoisotopic (exact) mass is 396 g/mol. The van der Waals surface area contributed by atoms with Crippen LogP contribution in [0.2, 0.25) is 0 Å². The summed E-state index contributed by atoms with van der Waals surface area (Å²) in [5.74, 6) is 0. The number of aromatic nitrogens is 2. The number of hydrogen-bond acceptors (Lipinski definition) is 3. The van der Waals surface area contributed by atoms with Crippen molar-refractivity contribution in [2.75, 3.05) is 19.0 Å². The summed E-state index contributed by atoms with van der Waals surface area (Å²) in [6.07, 6.45) is 1.89. The summed E-state index contributed by atoms with van der Waals surface area (Å²) in [6, 6.07) is 16.3. The van der Waals surface area contributed by atoms with Crippen LogP contribution in [0.15, 0.2) is 58.0 Å². The number of anilines is 1. The third-order valence-electron chi connectivity index (χ3n) is 4.05. The molecule has 4 nitrogen and oxygen atoms in total. The molecule has 128 valence electrons. The topological polar surface area (TPSA) is 33.4 Å². The highest BCUT2D eigenvalue weighted by atomic mass is 79.9. The summed E-state index contributed by atoms with van der Waals surface area (Å²) in [7, 11) is 4.05. The van der Waals surface area contributed by atoms with Gasteiger partial charge in [0.25, 0.3) is 0 Å². The molecular weight excluding hydrogens is 376 g/mol. The molecular formula is C20H21BrN4. The molecule has 2 aromatic carbocycles. The van der Waals surface area contributed by atoms with Gasteiger partial charge in [-0.25, -0.2) is 4.68 Å². The van der Waals surface area contributed by atoms with Gasteiger partial charge in [-0.1, -0.05) is 24.3 Å². The van der Waals surface area contributed by atoms with Crippen molar-refractivity contribution in [3.8, 4) is 5.69 Å². The zero-order valence-corrected chi connectivity index (χ0v) is 16.4.